The second-order valence-electron chi connectivity index (χ2n) is 8.65. The summed E-state index contributed by atoms with van der Waals surface area (Å²) in [4.78, 5) is 10.8. The molecule has 1 aromatic carbocycles. The van der Waals surface area contributed by atoms with Crippen LogP contribution in [0.25, 0.3) is 16.7 Å². The van der Waals surface area contributed by atoms with Crippen LogP contribution in [-0.4, -0.2) is 37.7 Å². The van der Waals surface area contributed by atoms with E-state index in [0.29, 0.717) is 48.1 Å². The number of rotatable bonds is 1. The van der Waals surface area contributed by atoms with Crippen LogP contribution in [0, 0.1) is 30.0 Å². The predicted octanol–water partition coefficient (Wildman–Crippen LogP) is 3.94. The van der Waals surface area contributed by atoms with Crippen LogP contribution >= 0.6 is 0 Å². The van der Waals surface area contributed by atoms with E-state index in [9.17, 15) is 0 Å². The molecule has 0 atom stereocenters. The van der Waals surface area contributed by atoms with Gasteiger partial charge in [-0.3, -0.25) is 9.38 Å². The van der Waals surface area contributed by atoms with Gasteiger partial charge in [-0.05, 0) is 38.8 Å². The normalized spacial score (nSPS) is 17.0. The number of hydrogen-bond acceptors (Lipinski definition) is 6. The van der Waals surface area contributed by atoms with Crippen molar-refractivity contribution in [2.24, 2.45) is 5.41 Å². The molecule has 6 rings (SSSR count). The Hall–Kier alpha value is -3.57. The Balaban J connectivity index is 1.59. The molecule has 1 aliphatic carbocycles. The van der Waals surface area contributed by atoms with E-state index in [2.05, 4.69) is 33.9 Å². The van der Waals surface area contributed by atoms with Crippen LogP contribution in [0.2, 0.25) is 0 Å². The average molecular weight is 428 g/mol. The molecular formula is C24H21FN6O. The molecule has 0 amide bonds. The summed E-state index contributed by atoms with van der Waals surface area (Å²) >= 11 is 0. The molecule has 0 bridgehead atoms. The average Bonchev–Trinajstić information content (AvgIpc) is 3.47. The number of nitrogens with zero attached hydrogens (tertiary/aromatic N) is 6. The van der Waals surface area contributed by atoms with Gasteiger partial charge in [-0.25, -0.2) is 4.39 Å². The second-order valence-corrected chi connectivity index (χ2v) is 8.65. The minimum absolute atomic E-state index is 0.123. The maximum absolute atomic E-state index is 15.1. The van der Waals surface area contributed by atoms with E-state index in [0.717, 1.165) is 29.7 Å². The van der Waals surface area contributed by atoms with Gasteiger partial charge in [0, 0.05) is 28.8 Å². The number of anilines is 2. The molecular weight excluding hydrogens is 407 g/mol. The van der Waals surface area contributed by atoms with Crippen molar-refractivity contribution in [2.45, 2.75) is 33.3 Å². The molecule has 1 fully saturated rings. The molecule has 0 unspecified atom stereocenters. The Morgan fingerprint density at radius 3 is 2.91 bits per heavy atom. The first kappa shape index (κ1) is 19.1. The SMILES string of the molecule is Cc1nnc2nc(N3CCOCc4c(C#CC5(C)CC5)cccc43)c3c(F)cncc3n12. The van der Waals surface area contributed by atoms with Crippen LogP contribution < -0.4 is 4.90 Å². The molecule has 32 heavy (non-hydrogen) atoms. The van der Waals surface area contributed by atoms with Gasteiger partial charge in [0.2, 0.25) is 0 Å². The van der Waals surface area contributed by atoms with Gasteiger partial charge in [-0.15, -0.1) is 10.2 Å². The Kier molecular flexibility index (Phi) is 4.17. The molecule has 7 nitrogen and oxygen atoms in total. The molecule has 0 radical (unpaired) electrons. The van der Waals surface area contributed by atoms with E-state index in [1.165, 1.54) is 6.20 Å². The van der Waals surface area contributed by atoms with Gasteiger partial charge < -0.3 is 9.64 Å². The van der Waals surface area contributed by atoms with Gasteiger partial charge in [0.15, 0.2) is 5.82 Å². The molecule has 4 aromatic rings. The standard InChI is InChI=1S/C24H21FN6O/c1-15-28-29-23-27-22(21-18(25)12-26-13-20(21)31(15)23)30-10-11-32-14-17-16(4-3-5-19(17)30)6-7-24(2)8-9-24/h3-5,12-13H,8-11,14H2,1-2H3. The van der Waals surface area contributed by atoms with Crippen molar-refractivity contribution in [2.75, 3.05) is 18.1 Å². The summed E-state index contributed by atoms with van der Waals surface area (Å²) in [5.41, 5.74) is 3.55. The van der Waals surface area contributed by atoms with Crippen LogP contribution in [0.1, 0.15) is 36.7 Å². The first-order valence-electron chi connectivity index (χ1n) is 10.7. The largest absolute Gasteiger partial charge is 0.375 e. The van der Waals surface area contributed by atoms with Crippen molar-refractivity contribution in [3.63, 3.8) is 0 Å². The number of hydrogen-bond donors (Lipinski definition) is 0. The molecule has 160 valence electrons. The minimum Gasteiger partial charge on any atom is -0.375 e. The van der Waals surface area contributed by atoms with Crippen LogP contribution in [0.3, 0.4) is 0 Å². The molecule has 2 aliphatic rings. The number of ether oxygens (including phenoxy) is 1. The predicted molar refractivity (Wildman–Crippen MR) is 118 cm³/mol. The highest BCUT2D eigenvalue weighted by molar-refractivity contribution is 5.94. The molecule has 0 spiro atoms. The summed E-state index contributed by atoms with van der Waals surface area (Å²) in [7, 11) is 0. The number of fused-ring (bicyclic) bond motifs is 4. The van der Waals surface area contributed by atoms with E-state index in [1.54, 1.807) is 10.6 Å². The van der Waals surface area contributed by atoms with E-state index >= 15 is 4.39 Å². The smallest absolute Gasteiger partial charge is 0.257 e. The Bertz CT molecular complexity index is 1450. The van der Waals surface area contributed by atoms with Crippen molar-refractivity contribution in [3.8, 4) is 11.8 Å². The molecule has 0 N–H and O–H groups in total. The minimum atomic E-state index is -0.440. The quantitative estimate of drug-likeness (QED) is 0.428. The Labute approximate surface area is 184 Å². The zero-order valence-corrected chi connectivity index (χ0v) is 17.9. The lowest BCUT2D eigenvalue weighted by Gasteiger charge is -2.25. The van der Waals surface area contributed by atoms with Crippen LogP contribution in [0.5, 0.6) is 0 Å². The highest BCUT2D eigenvalue weighted by Gasteiger charge is 2.35. The van der Waals surface area contributed by atoms with Crippen molar-refractivity contribution in [1.82, 2.24) is 24.6 Å². The zero-order valence-electron chi connectivity index (χ0n) is 17.9. The third kappa shape index (κ3) is 3.00. The lowest BCUT2D eigenvalue weighted by molar-refractivity contribution is 0.133. The van der Waals surface area contributed by atoms with Gasteiger partial charge in [0.25, 0.3) is 5.78 Å². The molecule has 8 heteroatoms. The molecule has 3 aromatic heterocycles. The van der Waals surface area contributed by atoms with E-state index < -0.39 is 5.82 Å². The van der Waals surface area contributed by atoms with E-state index in [4.69, 9.17) is 9.72 Å². The molecule has 1 saturated carbocycles. The highest BCUT2D eigenvalue weighted by atomic mass is 19.1. The van der Waals surface area contributed by atoms with Crippen molar-refractivity contribution in [3.05, 3.63) is 53.4 Å². The summed E-state index contributed by atoms with van der Waals surface area (Å²) in [5.74, 6) is 7.85. The number of halogens is 1. The van der Waals surface area contributed by atoms with Crippen LogP contribution in [-0.2, 0) is 11.3 Å². The number of benzene rings is 1. The van der Waals surface area contributed by atoms with E-state index in [-0.39, 0.29) is 5.41 Å². The van der Waals surface area contributed by atoms with Crippen molar-refractivity contribution in [1.29, 1.82) is 0 Å². The summed E-state index contributed by atoms with van der Waals surface area (Å²) in [6, 6.07) is 6.02. The summed E-state index contributed by atoms with van der Waals surface area (Å²) in [6.07, 6.45) is 5.12. The first-order chi connectivity index (χ1) is 15.5. The molecule has 0 saturated heterocycles. The number of aromatic nitrogens is 5. The lowest BCUT2D eigenvalue weighted by Crippen LogP contribution is -2.23. The van der Waals surface area contributed by atoms with Crippen molar-refractivity contribution < 1.29 is 9.13 Å². The van der Waals surface area contributed by atoms with Gasteiger partial charge in [-0.2, -0.15) is 4.98 Å². The van der Waals surface area contributed by atoms with Crippen molar-refractivity contribution >= 4 is 28.2 Å². The van der Waals surface area contributed by atoms with Gasteiger partial charge in [0.05, 0.1) is 36.5 Å². The zero-order chi connectivity index (χ0) is 21.9. The maximum atomic E-state index is 15.1. The second kappa shape index (κ2) is 6.97. The highest BCUT2D eigenvalue weighted by Crippen LogP contribution is 2.44. The summed E-state index contributed by atoms with van der Waals surface area (Å²) in [6.45, 7) is 5.45. The maximum Gasteiger partial charge on any atom is 0.257 e. The monoisotopic (exact) mass is 428 g/mol. The fourth-order valence-corrected chi connectivity index (χ4v) is 4.16. The molecule has 4 heterocycles. The fourth-order valence-electron chi connectivity index (χ4n) is 4.16. The summed E-state index contributed by atoms with van der Waals surface area (Å²) < 4.78 is 22.8. The van der Waals surface area contributed by atoms with Gasteiger partial charge in [-0.1, -0.05) is 17.9 Å². The lowest BCUT2D eigenvalue weighted by atomic mass is 10.0. The molecule has 1 aliphatic heterocycles. The Morgan fingerprint density at radius 2 is 2.06 bits per heavy atom. The third-order valence-corrected chi connectivity index (χ3v) is 6.26. The first-order valence-corrected chi connectivity index (χ1v) is 10.7. The van der Waals surface area contributed by atoms with E-state index in [1.807, 2.05) is 30.0 Å². The Morgan fingerprint density at radius 1 is 1.19 bits per heavy atom. The third-order valence-electron chi connectivity index (χ3n) is 6.26. The van der Waals surface area contributed by atoms with Crippen LogP contribution in [0.4, 0.5) is 15.9 Å². The number of aryl methyl sites for hydroxylation is 1. The van der Waals surface area contributed by atoms with Gasteiger partial charge >= 0.3 is 0 Å². The van der Waals surface area contributed by atoms with Crippen LogP contribution in [0.15, 0.2) is 30.6 Å². The number of pyridine rings is 1. The topological polar surface area (TPSA) is 68.4 Å². The summed E-state index contributed by atoms with van der Waals surface area (Å²) in [5, 5.41) is 8.70. The fraction of sp³-hybridized carbons (Fsp3) is 0.333. The van der Waals surface area contributed by atoms with Gasteiger partial charge in [0.1, 0.15) is 11.6 Å².